The highest BCUT2D eigenvalue weighted by Gasteiger charge is 2.06. The largest absolute Gasteiger partial charge is 0.354 e. The van der Waals surface area contributed by atoms with Gasteiger partial charge >= 0.3 is 0 Å². The molecular formula is C10H16ClN3O. The Morgan fingerprint density at radius 2 is 2.40 bits per heavy atom. The number of alkyl halides is 1. The van der Waals surface area contributed by atoms with Crippen LogP contribution in [-0.4, -0.2) is 22.0 Å². The lowest BCUT2D eigenvalue weighted by atomic mass is 10.2. The minimum absolute atomic E-state index is 0.00642. The van der Waals surface area contributed by atoms with E-state index in [0.717, 1.165) is 5.69 Å². The maximum Gasteiger partial charge on any atom is 0.239 e. The molecule has 1 heterocycles. The Labute approximate surface area is 94.6 Å². The van der Waals surface area contributed by atoms with E-state index in [-0.39, 0.29) is 12.5 Å². The quantitative estimate of drug-likeness (QED) is 0.776. The Hall–Kier alpha value is -1.03. The van der Waals surface area contributed by atoms with Gasteiger partial charge in [-0.1, -0.05) is 13.8 Å². The highest BCUT2D eigenvalue weighted by molar-refractivity contribution is 6.16. The molecule has 0 aromatic carbocycles. The minimum atomic E-state index is -0.00642. The summed E-state index contributed by atoms with van der Waals surface area (Å²) in [5.74, 6) is 0.828. The number of halogens is 1. The first kappa shape index (κ1) is 12.0. The molecule has 84 valence electrons. The van der Waals surface area contributed by atoms with Crippen molar-refractivity contribution < 1.29 is 4.79 Å². The number of aromatic nitrogens is 2. The molecule has 1 aromatic heterocycles. The van der Waals surface area contributed by atoms with Gasteiger partial charge in [0.25, 0.3) is 0 Å². The molecule has 1 N–H and O–H groups in total. The summed E-state index contributed by atoms with van der Waals surface area (Å²) in [6, 6.07) is 0. The third kappa shape index (κ3) is 3.91. The molecule has 0 saturated heterocycles. The van der Waals surface area contributed by atoms with E-state index in [1.807, 2.05) is 0 Å². The molecular weight excluding hydrogens is 214 g/mol. The zero-order valence-corrected chi connectivity index (χ0v) is 9.79. The second-order valence-electron chi connectivity index (χ2n) is 3.84. The number of carbonyl (C=O) groups excluding carboxylic acids is 1. The van der Waals surface area contributed by atoms with E-state index in [2.05, 4.69) is 24.1 Å². The highest BCUT2D eigenvalue weighted by atomic mass is 35.5. The fraction of sp³-hybridized carbons (Fsp3) is 0.600. The summed E-state index contributed by atoms with van der Waals surface area (Å²) in [6.07, 6.45) is 3.29. The van der Waals surface area contributed by atoms with Crippen LogP contribution in [0.1, 0.15) is 19.5 Å². The maximum atomic E-state index is 11.5. The molecule has 0 atom stereocenters. The molecule has 0 saturated carbocycles. The smallest absolute Gasteiger partial charge is 0.239 e. The molecule has 0 unspecified atom stereocenters. The van der Waals surface area contributed by atoms with Gasteiger partial charge in [-0.3, -0.25) is 4.79 Å². The monoisotopic (exact) mass is 229 g/mol. The van der Waals surface area contributed by atoms with Crippen molar-refractivity contribution in [1.29, 1.82) is 0 Å². The number of nitrogens with zero attached hydrogens (tertiary/aromatic N) is 2. The molecule has 1 amide bonds. The molecule has 5 heteroatoms. The Balaban J connectivity index is 2.44. The van der Waals surface area contributed by atoms with Gasteiger partial charge in [0.15, 0.2) is 0 Å². The van der Waals surface area contributed by atoms with Crippen LogP contribution in [0.25, 0.3) is 0 Å². The van der Waals surface area contributed by atoms with Crippen molar-refractivity contribution in [3.05, 3.63) is 18.2 Å². The van der Waals surface area contributed by atoms with Crippen molar-refractivity contribution in [1.82, 2.24) is 14.9 Å². The summed E-state index contributed by atoms with van der Waals surface area (Å²) in [5.41, 5.74) is 0.858. The highest BCUT2D eigenvalue weighted by Crippen LogP contribution is 2.02. The topological polar surface area (TPSA) is 46.9 Å². The average molecular weight is 230 g/mol. The molecule has 1 rings (SSSR count). The first-order valence-corrected chi connectivity index (χ1v) is 5.48. The molecule has 0 aliphatic rings. The van der Waals surface area contributed by atoms with Crippen LogP contribution in [0.3, 0.4) is 0 Å². The van der Waals surface area contributed by atoms with E-state index in [9.17, 15) is 4.79 Å². The molecule has 0 aliphatic heterocycles. The van der Waals surface area contributed by atoms with Gasteiger partial charge in [0.05, 0.1) is 17.9 Å². The van der Waals surface area contributed by atoms with Crippen LogP contribution in [0.2, 0.25) is 0 Å². The lowest BCUT2D eigenvalue weighted by Gasteiger charge is -2.09. The number of imidazole rings is 1. The van der Waals surface area contributed by atoms with Crippen LogP contribution in [-0.2, 0) is 17.2 Å². The summed E-state index contributed by atoms with van der Waals surface area (Å²) in [5, 5.41) is 2.84. The molecule has 0 spiro atoms. The van der Waals surface area contributed by atoms with Gasteiger partial charge in [0.1, 0.15) is 6.54 Å². The summed E-state index contributed by atoms with van der Waals surface area (Å²) in [4.78, 5) is 15.4. The SMILES string of the molecule is CC(C)CNC(=O)Cn1cncc1CCl. The predicted octanol–water partition coefficient (Wildman–Crippen LogP) is 1.39. The summed E-state index contributed by atoms with van der Waals surface area (Å²) in [6.45, 7) is 5.10. The van der Waals surface area contributed by atoms with E-state index in [4.69, 9.17) is 11.6 Å². The van der Waals surface area contributed by atoms with Crippen LogP contribution in [0.5, 0.6) is 0 Å². The molecule has 1 aromatic rings. The van der Waals surface area contributed by atoms with Gasteiger partial charge in [0, 0.05) is 12.7 Å². The Bertz CT molecular complexity index is 322. The first-order valence-electron chi connectivity index (χ1n) is 4.95. The molecule has 0 bridgehead atoms. The van der Waals surface area contributed by atoms with Crippen LogP contribution in [0.4, 0.5) is 0 Å². The third-order valence-corrected chi connectivity index (χ3v) is 2.23. The number of hydrogen-bond donors (Lipinski definition) is 1. The summed E-state index contributed by atoms with van der Waals surface area (Å²) in [7, 11) is 0. The Morgan fingerprint density at radius 3 is 3.00 bits per heavy atom. The van der Waals surface area contributed by atoms with Gasteiger partial charge in [-0.2, -0.15) is 0 Å². The zero-order valence-electron chi connectivity index (χ0n) is 9.03. The first-order chi connectivity index (χ1) is 7.13. The molecule has 0 radical (unpaired) electrons. The lowest BCUT2D eigenvalue weighted by Crippen LogP contribution is -2.30. The van der Waals surface area contributed by atoms with Crippen molar-refractivity contribution in [2.45, 2.75) is 26.3 Å². The Kier molecular flexibility index (Phi) is 4.62. The van der Waals surface area contributed by atoms with Crippen molar-refractivity contribution in [3.8, 4) is 0 Å². The fourth-order valence-corrected chi connectivity index (χ4v) is 1.35. The van der Waals surface area contributed by atoms with Gasteiger partial charge in [-0.25, -0.2) is 4.98 Å². The Morgan fingerprint density at radius 1 is 1.67 bits per heavy atom. The minimum Gasteiger partial charge on any atom is -0.354 e. The average Bonchev–Trinajstić information content (AvgIpc) is 2.62. The van der Waals surface area contributed by atoms with Crippen LogP contribution in [0, 0.1) is 5.92 Å². The summed E-state index contributed by atoms with van der Waals surface area (Å²) >= 11 is 5.69. The fourth-order valence-electron chi connectivity index (χ4n) is 1.13. The number of amides is 1. The molecule has 15 heavy (non-hydrogen) atoms. The molecule has 4 nitrogen and oxygen atoms in total. The number of carbonyl (C=O) groups is 1. The predicted molar refractivity (Wildman–Crippen MR) is 59.6 cm³/mol. The van der Waals surface area contributed by atoms with Gasteiger partial charge in [-0.05, 0) is 5.92 Å². The van der Waals surface area contributed by atoms with E-state index in [1.165, 1.54) is 0 Å². The van der Waals surface area contributed by atoms with E-state index >= 15 is 0 Å². The molecule has 0 aliphatic carbocycles. The van der Waals surface area contributed by atoms with E-state index in [0.29, 0.717) is 18.3 Å². The number of nitrogens with one attached hydrogen (secondary N) is 1. The number of hydrogen-bond acceptors (Lipinski definition) is 2. The molecule has 0 fully saturated rings. The second-order valence-corrected chi connectivity index (χ2v) is 4.11. The van der Waals surface area contributed by atoms with E-state index in [1.54, 1.807) is 17.1 Å². The van der Waals surface area contributed by atoms with Crippen molar-refractivity contribution >= 4 is 17.5 Å². The maximum absolute atomic E-state index is 11.5. The van der Waals surface area contributed by atoms with E-state index < -0.39 is 0 Å². The lowest BCUT2D eigenvalue weighted by molar-refractivity contribution is -0.121. The van der Waals surface area contributed by atoms with Crippen LogP contribution in [0.15, 0.2) is 12.5 Å². The summed E-state index contributed by atoms with van der Waals surface area (Å²) < 4.78 is 1.75. The van der Waals surface area contributed by atoms with Crippen molar-refractivity contribution in [2.24, 2.45) is 5.92 Å². The van der Waals surface area contributed by atoms with Gasteiger partial charge < -0.3 is 9.88 Å². The van der Waals surface area contributed by atoms with Crippen molar-refractivity contribution in [2.75, 3.05) is 6.54 Å². The van der Waals surface area contributed by atoms with Gasteiger partial charge in [-0.15, -0.1) is 11.6 Å². The van der Waals surface area contributed by atoms with Crippen molar-refractivity contribution in [3.63, 3.8) is 0 Å². The van der Waals surface area contributed by atoms with Crippen LogP contribution >= 0.6 is 11.6 Å². The van der Waals surface area contributed by atoms with Gasteiger partial charge in [0.2, 0.25) is 5.91 Å². The third-order valence-electron chi connectivity index (χ3n) is 1.96. The zero-order chi connectivity index (χ0) is 11.3. The normalized spacial score (nSPS) is 10.7. The second kappa shape index (κ2) is 5.75. The standard InChI is InChI=1S/C10H16ClN3O/c1-8(2)4-13-10(15)6-14-7-12-5-9(14)3-11/h5,7-8H,3-4,6H2,1-2H3,(H,13,15). The van der Waals surface area contributed by atoms with Crippen LogP contribution < -0.4 is 5.32 Å². The number of rotatable bonds is 5.